The number of phenolic OH excluding ortho intramolecular Hbond substituents is 1. The summed E-state index contributed by atoms with van der Waals surface area (Å²) < 4.78 is 5.05. The monoisotopic (exact) mass is 251 g/mol. The smallest absolute Gasteiger partial charge is 0.303 e. The van der Waals surface area contributed by atoms with Crippen molar-refractivity contribution >= 4 is 5.97 Å². The first kappa shape index (κ1) is 12.7. The molecule has 0 aromatic heterocycles. The van der Waals surface area contributed by atoms with Gasteiger partial charge in [0.2, 0.25) is 0 Å². The number of nitrogens with zero attached hydrogens (tertiary/aromatic N) is 1. The summed E-state index contributed by atoms with van der Waals surface area (Å²) in [5.74, 6) is 0.135. The van der Waals surface area contributed by atoms with Crippen LogP contribution >= 0.6 is 0 Å². The van der Waals surface area contributed by atoms with Crippen LogP contribution < -0.4 is 4.74 Å². The van der Waals surface area contributed by atoms with Crippen molar-refractivity contribution in [1.29, 1.82) is 0 Å². The van der Waals surface area contributed by atoms with Crippen molar-refractivity contribution in [2.24, 2.45) is 5.92 Å². The highest BCUT2D eigenvalue weighted by Crippen LogP contribution is 2.28. The van der Waals surface area contributed by atoms with E-state index in [1.807, 2.05) is 6.07 Å². The number of benzene rings is 1. The number of carboxylic acid groups (broad SMARTS) is 1. The van der Waals surface area contributed by atoms with Gasteiger partial charge in [-0.05, 0) is 23.6 Å². The van der Waals surface area contributed by atoms with Gasteiger partial charge in [0.1, 0.15) is 0 Å². The van der Waals surface area contributed by atoms with E-state index in [4.69, 9.17) is 9.84 Å². The number of likely N-dealkylation sites (tertiary alicyclic amines) is 1. The molecule has 0 radical (unpaired) electrons. The summed E-state index contributed by atoms with van der Waals surface area (Å²) in [7, 11) is 1.52. The van der Waals surface area contributed by atoms with Crippen LogP contribution in [0.5, 0.6) is 11.5 Å². The van der Waals surface area contributed by atoms with Gasteiger partial charge in [0.05, 0.1) is 13.5 Å². The molecule has 5 heteroatoms. The Balaban J connectivity index is 1.86. The molecule has 0 aliphatic carbocycles. The van der Waals surface area contributed by atoms with Gasteiger partial charge < -0.3 is 14.9 Å². The topological polar surface area (TPSA) is 70.0 Å². The molecule has 1 aromatic rings. The Labute approximate surface area is 106 Å². The normalized spacial score (nSPS) is 16.3. The fourth-order valence-electron chi connectivity index (χ4n) is 2.26. The first-order valence-electron chi connectivity index (χ1n) is 5.88. The molecule has 1 heterocycles. The number of carboxylic acids is 1. The number of methoxy groups -OCH3 is 1. The van der Waals surface area contributed by atoms with Crippen LogP contribution in [0.3, 0.4) is 0 Å². The zero-order chi connectivity index (χ0) is 13.1. The Morgan fingerprint density at radius 3 is 2.83 bits per heavy atom. The largest absolute Gasteiger partial charge is 0.504 e. The molecule has 1 aliphatic rings. The van der Waals surface area contributed by atoms with E-state index in [2.05, 4.69) is 4.90 Å². The predicted octanol–water partition coefficient (Wildman–Crippen LogP) is 1.31. The average Bonchev–Trinajstić information content (AvgIpc) is 2.28. The van der Waals surface area contributed by atoms with E-state index < -0.39 is 5.97 Å². The maximum atomic E-state index is 10.5. The SMILES string of the molecule is COc1cc(CN2CC(CC(=O)O)C2)ccc1O. The van der Waals surface area contributed by atoms with Crippen molar-refractivity contribution in [3.05, 3.63) is 23.8 Å². The molecule has 0 spiro atoms. The van der Waals surface area contributed by atoms with E-state index in [0.29, 0.717) is 5.75 Å². The van der Waals surface area contributed by atoms with E-state index in [9.17, 15) is 9.90 Å². The van der Waals surface area contributed by atoms with Crippen molar-refractivity contribution in [3.63, 3.8) is 0 Å². The second-order valence-corrected chi connectivity index (χ2v) is 4.66. The molecule has 1 saturated heterocycles. The van der Waals surface area contributed by atoms with Gasteiger partial charge in [0, 0.05) is 19.6 Å². The van der Waals surface area contributed by atoms with Gasteiger partial charge in [-0.1, -0.05) is 6.07 Å². The van der Waals surface area contributed by atoms with Gasteiger partial charge in [0.25, 0.3) is 0 Å². The van der Waals surface area contributed by atoms with E-state index in [0.717, 1.165) is 25.2 Å². The van der Waals surface area contributed by atoms with Crippen LogP contribution in [0.1, 0.15) is 12.0 Å². The van der Waals surface area contributed by atoms with E-state index in [1.54, 1.807) is 12.1 Å². The summed E-state index contributed by atoms with van der Waals surface area (Å²) in [6.07, 6.45) is 0.245. The number of phenols is 1. The standard InChI is InChI=1S/C13H17NO4/c1-18-12-4-9(2-3-11(12)15)6-14-7-10(8-14)5-13(16)17/h2-4,10,15H,5-8H2,1H3,(H,16,17). The minimum absolute atomic E-state index is 0.133. The van der Waals surface area contributed by atoms with Crippen molar-refractivity contribution in [3.8, 4) is 11.5 Å². The van der Waals surface area contributed by atoms with Crippen molar-refractivity contribution < 1.29 is 19.7 Å². The van der Waals surface area contributed by atoms with Crippen molar-refractivity contribution in [2.45, 2.75) is 13.0 Å². The maximum Gasteiger partial charge on any atom is 0.303 e. The van der Waals surface area contributed by atoms with Crippen LogP contribution in [0.15, 0.2) is 18.2 Å². The Morgan fingerprint density at radius 1 is 1.50 bits per heavy atom. The molecule has 0 saturated carbocycles. The van der Waals surface area contributed by atoms with Crippen molar-refractivity contribution in [1.82, 2.24) is 4.90 Å². The molecule has 18 heavy (non-hydrogen) atoms. The summed E-state index contributed by atoms with van der Waals surface area (Å²) in [4.78, 5) is 12.7. The summed E-state index contributed by atoms with van der Waals surface area (Å²) in [5, 5.41) is 18.1. The maximum absolute atomic E-state index is 10.5. The molecule has 98 valence electrons. The summed E-state index contributed by atoms with van der Waals surface area (Å²) >= 11 is 0. The molecule has 1 aliphatic heterocycles. The predicted molar refractivity (Wildman–Crippen MR) is 65.7 cm³/mol. The molecule has 0 atom stereocenters. The first-order valence-corrected chi connectivity index (χ1v) is 5.88. The number of rotatable bonds is 5. The highest BCUT2D eigenvalue weighted by Gasteiger charge is 2.28. The van der Waals surface area contributed by atoms with Gasteiger partial charge in [0.15, 0.2) is 11.5 Å². The van der Waals surface area contributed by atoms with Gasteiger partial charge in [-0.15, -0.1) is 0 Å². The minimum Gasteiger partial charge on any atom is -0.504 e. The Hall–Kier alpha value is -1.75. The molecule has 5 nitrogen and oxygen atoms in total. The fourth-order valence-corrected chi connectivity index (χ4v) is 2.26. The van der Waals surface area contributed by atoms with Crippen LogP contribution in [0.2, 0.25) is 0 Å². The molecule has 2 N–H and O–H groups in total. The summed E-state index contributed by atoms with van der Waals surface area (Å²) in [5.41, 5.74) is 1.05. The lowest BCUT2D eigenvalue weighted by molar-refractivity contribution is -0.139. The van der Waals surface area contributed by atoms with Gasteiger partial charge in [-0.25, -0.2) is 0 Å². The zero-order valence-electron chi connectivity index (χ0n) is 10.3. The van der Waals surface area contributed by atoms with Crippen LogP contribution in [0, 0.1) is 5.92 Å². The molecular formula is C13H17NO4. The molecular weight excluding hydrogens is 234 g/mol. The third kappa shape index (κ3) is 2.92. The second kappa shape index (κ2) is 5.27. The van der Waals surface area contributed by atoms with Gasteiger partial charge >= 0.3 is 5.97 Å². The number of aliphatic carboxylic acids is 1. The number of carbonyl (C=O) groups is 1. The first-order chi connectivity index (χ1) is 8.58. The zero-order valence-corrected chi connectivity index (χ0v) is 10.3. The molecule has 1 fully saturated rings. The number of hydrogen-bond donors (Lipinski definition) is 2. The van der Waals surface area contributed by atoms with E-state index >= 15 is 0 Å². The Kier molecular flexibility index (Phi) is 3.72. The molecule has 2 rings (SSSR count). The van der Waals surface area contributed by atoms with Crippen LogP contribution in [0.4, 0.5) is 0 Å². The van der Waals surface area contributed by atoms with Crippen LogP contribution in [-0.2, 0) is 11.3 Å². The van der Waals surface area contributed by atoms with Crippen LogP contribution in [0.25, 0.3) is 0 Å². The van der Waals surface area contributed by atoms with Crippen molar-refractivity contribution in [2.75, 3.05) is 20.2 Å². The highest BCUT2D eigenvalue weighted by atomic mass is 16.5. The highest BCUT2D eigenvalue weighted by molar-refractivity contribution is 5.67. The number of ether oxygens (including phenoxy) is 1. The lowest BCUT2D eigenvalue weighted by Gasteiger charge is -2.38. The van der Waals surface area contributed by atoms with E-state index in [1.165, 1.54) is 7.11 Å². The fraction of sp³-hybridized carbons (Fsp3) is 0.462. The lowest BCUT2D eigenvalue weighted by atomic mass is 9.96. The summed E-state index contributed by atoms with van der Waals surface area (Å²) in [6, 6.07) is 5.27. The Morgan fingerprint density at radius 2 is 2.22 bits per heavy atom. The van der Waals surface area contributed by atoms with Gasteiger partial charge in [-0.3, -0.25) is 9.69 Å². The second-order valence-electron chi connectivity index (χ2n) is 4.66. The van der Waals surface area contributed by atoms with Gasteiger partial charge in [-0.2, -0.15) is 0 Å². The third-order valence-corrected chi connectivity index (χ3v) is 3.15. The average molecular weight is 251 g/mol. The molecule has 0 bridgehead atoms. The van der Waals surface area contributed by atoms with Crippen LogP contribution in [-0.4, -0.2) is 41.3 Å². The number of hydrogen-bond acceptors (Lipinski definition) is 4. The molecule has 1 aromatic carbocycles. The Bertz CT molecular complexity index is 441. The summed E-state index contributed by atoms with van der Waals surface area (Å²) in [6.45, 7) is 2.39. The molecule has 0 amide bonds. The number of aromatic hydroxyl groups is 1. The third-order valence-electron chi connectivity index (χ3n) is 3.15. The minimum atomic E-state index is -0.731. The molecule has 0 unspecified atom stereocenters. The van der Waals surface area contributed by atoms with E-state index in [-0.39, 0.29) is 18.1 Å². The lowest BCUT2D eigenvalue weighted by Crippen LogP contribution is -2.46. The quantitative estimate of drug-likeness (QED) is 0.825.